The third kappa shape index (κ3) is 6.52. The van der Waals surface area contributed by atoms with Gasteiger partial charge in [0, 0.05) is 36.7 Å². The highest BCUT2D eigenvalue weighted by atomic mass is 127. The lowest BCUT2D eigenvalue weighted by Crippen LogP contribution is -2.49. The van der Waals surface area contributed by atoms with Crippen LogP contribution in [0.3, 0.4) is 0 Å². The number of rotatable bonds is 5. The molecule has 5 nitrogen and oxygen atoms in total. The van der Waals surface area contributed by atoms with Crippen molar-refractivity contribution in [3.63, 3.8) is 0 Å². The maximum Gasteiger partial charge on any atom is 0.242 e. The number of carbonyl (C=O) groups is 1. The standard InChI is InChI=1S/C15H28N4OS.HI/c1-4-16-15(17-9-14(20)18-12-5-6-12)19-7-8-21-13(10-19)11(2)3;/h11-13H,4-10H2,1-3H3,(H,16,17)(H,18,20);1H. The molecule has 1 saturated carbocycles. The van der Waals surface area contributed by atoms with Gasteiger partial charge in [-0.05, 0) is 25.7 Å². The summed E-state index contributed by atoms with van der Waals surface area (Å²) in [7, 11) is 0. The van der Waals surface area contributed by atoms with Gasteiger partial charge in [0.15, 0.2) is 5.96 Å². The third-order valence-corrected chi connectivity index (χ3v) is 5.33. The molecule has 0 bridgehead atoms. The SMILES string of the molecule is CCNC(=NCC(=O)NC1CC1)N1CCSC(C(C)C)C1.I. The van der Waals surface area contributed by atoms with Crippen LogP contribution in [-0.4, -0.2) is 60.0 Å². The van der Waals surface area contributed by atoms with E-state index < -0.39 is 0 Å². The number of nitrogens with zero attached hydrogens (tertiary/aromatic N) is 2. The Labute approximate surface area is 155 Å². The van der Waals surface area contributed by atoms with E-state index in [1.165, 1.54) is 0 Å². The summed E-state index contributed by atoms with van der Waals surface area (Å²) in [5.41, 5.74) is 0. The molecule has 1 aliphatic heterocycles. The van der Waals surface area contributed by atoms with E-state index in [4.69, 9.17) is 0 Å². The fourth-order valence-corrected chi connectivity index (χ4v) is 3.64. The van der Waals surface area contributed by atoms with E-state index in [9.17, 15) is 4.79 Å². The molecule has 2 N–H and O–H groups in total. The summed E-state index contributed by atoms with van der Waals surface area (Å²) in [6.45, 7) is 9.69. The molecule has 0 spiro atoms. The van der Waals surface area contributed by atoms with E-state index in [-0.39, 0.29) is 36.4 Å². The first kappa shape index (κ1) is 19.9. The summed E-state index contributed by atoms with van der Waals surface area (Å²) in [5, 5.41) is 6.95. The number of amides is 1. The molecule has 0 aromatic rings. The fourth-order valence-electron chi connectivity index (χ4n) is 2.34. The Bertz CT molecular complexity index is 388. The van der Waals surface area contributed by atoms with E-state index in [0.29, 0.717) is 17.2 Å². The van der Waals surface area contributed by atoms with Crippen molar-refractivity contribution in [1.82, 2.24) is 15.5 Å². The van der Waals surface area contributed by atoms with Crippen molar-refractivity contribution in [2.24, 2.45) is 10.9 Å². The Morgan fingerprint density at radius 1 is 1.41 bits per heavy atom. The van der Waals surface area contributed by atoms with Crippen LogP contribution in [0.1, 0.15) is 33.6 Å². The second-order valence-electron chi connectivity index (χ2n) is 6.11. The summed E-state index contributed by atoms with van der Waals surface area (Å²) in [6, 6.07) is 0.409. The smallest absolute Gasteiger partial charge is 0.242 e. The number of nitrogens with one attached hydrogen (secondary N) is 2. The zero-order valence-electron chi connectivity index (χ0n) is 13.8. The van der Waals surface area contributed by atoms with Crippen molar-refractivity contribution in [3.05, 3.63) is 0 Å². The lowest BCUT2D eigenvalue weighted by atomic mass is 10.1. The third-order valence-electron chi connectivity index (χ3n) is 3.79. The van der Waals surface area contributed by atoms with Crippen LogP contribution in [0.2, 0.25) is 0 Å². The summed E-state index contributed by atoms with van der Waals surface area (Å²) in [4.78, 5) is 18.6. The second-order valence-corrected chi connectivity index (χ2v) is 7.46. The molecule has 2 aliphatic rings. The number of halogens is 1. The number of thioether (sulfide) groups is 1. The molecular formula is C15H29IN4OS. The van der Waals surface area contributed by atoms with Crippen LogP contribution in [-0.2, 0) is 4.79 Å². The predicted octanol–water partition coefficient (Wildman–Crippen LogP) is 1.92. The van der Waals surface area contributed by atoms with Crippen molar-refractivity contribution >= 4 is 47.6 Å². The Morgan fingerprint density at radius 2 is 2.14 bits per heavy atom. The van der Waals surface area contributed by atoms with Crippen molar-refractivity contribution in [3.8, 4) is 0 Å². The molecule has 1 aliphatic carbocycles. The predicted molar refractivity (Wildman–Crippen MR) is 105 cm³/mol. The van der Waals surface area contributed by atoms with E-state index in [1.54, 1.807) is 0 Å². The zero-order valence-corrected chi connectivity index (χ0v) is 16.9. The first-order valence-corrected chi connectivity index (χ1v) is 9.09. The van der Waals surface area contributed by atoms with Gasteiger partial charge < -0.3 is 15.5 Å². The van der Waals surface area contributed by atoms with Crippen LogP contribution in [0.5, 0.6) is 0 Å². The molecule has 1 atom stereocenters. The van der Waals surface area contributed by atoms with Gasteiger partial charge in [0.1, 0.15) is 6.54 Å². The highest BCUT2D eigenvalue weighted by molar-refractivity contribution is 14.0. The lowest BCUT2D eigenvalue weighted by Gasteiger charge is -2.36. The van der Waals surface area contributed by atoms with Gasteiger partial charge in [-0.1, -0.05) is 13.8 Å². The van der Waals surface area contributed by atoms with Crippen LogP contribution in [0.25, 0.3) is 0 Å². The molecule has 1 saturated heterocycles. The van der Waals surface area contributed by atoms with Crippen molar-refractivity contribution < 1.29 is 4.79 Å². The van der Waals surface area contributed by atoms with Crippen LogP contribution in [0, 0.1) is 5.92 Å². The summed E-state index contributed by atoms with van der Waals surface area (Å²) < 4.78 is 0. The van der Waals surface area contributed by atoms with Gasteiger partial charge in [-0.25, -0.2) is 4.99 Å². The molecule has 128 valence electrons. The molecule has 7 heteroatoms. The highest BCUT2D eigenvalue weighted by Crippen LogP contribution is 2.24. The summed E-state index contributed by atoms with van der Waals surface area (Å²) in [6.07, 6.45) is 2.24. The minimum absolute atomic E-state index is 0. The molecule has 22 heavy (non-hydrogen) atoms. The largest absolute Gasteiger partial charge is 0.357 e. The Hall–Kier alpha value is -0.180. The normalized spacial score (nSPS) is 22.3. The number of hydrogen-bond donors (Lipinski definition) is 2. The molecule has 0 aromatic carbocycles. The number of carbonyl (C=O) groups excluding carboxylic acids is 1. The van der Waals surface area contributed by atoms with E-state index in [2.05, 4.69) is 41.3 Å². The topological polar surface area (TPSA) is 56.7 Å². The second kappa shape index (κ2) is 9.85. The van der Waals surface area contributed by atoms with Crippen LogP contribution < -0.4 is 10.6 Å². The molecule has 0 radical (unpaired) electrons. The van der Waals surface area contributed by atoms with Gasteiger partial charge >= 0.3 is 0 Å². The van der Waals surface area contributed by atoms with Gasteiger partial charge in [-0.3, -0.25) is 4.79 Å². The van der Waals surface area contributed by atoms with Crippen molar-refractivity contribution in [2.45, 2.75) is 44.9 Å². The summed E-state index contributed by atoms with van der Waals surface area (Å²) in [5.74, 6) is 2.72. The highest BCUT2D eigenvalue weighted by Gasteiger charge is 2.26. The quantitative estimate of drug-likeness (QED) is 0.390. The van der Waals surface area contributed by atoms with Crippen LogP contribution in [0.15, 0.2) is 4.99 Å². The maximum atomic E-state index is 11.8. The van der Waals surface area contributed by atoms with Crippen molar-refractivity contribution in [2.75, 3.05) is 31.9 Å². The molecule has 0 aromatic heterocycles. The molecule has 2 fully saturated rings. The number of guanidine groups is 1. The molecular weight excluding hydrogens is 411 g/mol. The van der Waals surface area contributed by atoms with Gasteiger partial charge in [0.05, 0.1) is 0 Å². The van der Waals surface area contributed by atoms with E-state index in [1.807, 2.05) is 11.8 Å². The van der Waals surface area contributed by atoms with Gasteiger partial charge in [0.2, 0.25) is 5.91 Å². The Morgan fingerprint density at radius 3 is 2.73 bits per heavy atom. The monoisotopic (exact) mass is 440 g/mol. The first-order valence-electron chi connectivity index (χ1n) is 8.04. The average molecular weight is 440 g/mol. The van der Waals surface area contributed by atoms with Gasteiger partial charge in [-0.15, -0.1) is 24.0 Å². The molecule has 1 unspecified atom stereocenters. The minimum Gasteiger partial charge on any atom is -0.357 e. The van der Waals surface area contributed by atoms with Crippen molar-refractivity contribution in [1.29, 1.82) is 0 Å². The Kier molecular flexibility index (Phi) is 8.89. The Balaban J connectivity index is 0.00000242. The van der Waals surface area contributed by atoms with E-state index in [0.717, 1.165) is 44.2 Å². The average Bonchev–Trinajstić information content (AvgIpc) is 3.27. The number of aliphatic imine (C=N–C) groups is 1. The van der Waals surface area contributed by atoms with E-state index >= 15 is 0 Å². The lowest BCUT2D eigenvalue weighted by molar-refractivity contribution is -0.119. The molecule has 1 heterocycles. The molecule has 1 amide bonds. The van der Waals surface area contributed by atoms with Gasteiger partial charge in [-0.2, -0.15) is 11.8 Å². The fraction of sp³-hybridized carbons (Fsp3) is 0.867. The first-order chi connectivity index (χ1) is 10.1. The van der Waals surface area contributed by atoms with Gasteiger partial charge in [0.25, 0.3) is 0 Å². The molecule has 2 rings (SSSR count). The van der Waals surface area contributed by atoms with Crippen LogP contribution in [0.4, 0.5) is 0 Å². The minimum atomic E-state index is 0. The maximum absolute atomic E-state index is 11.8. The summed E-state index contributed by atoms with van der Waals surface area (Å²) >= 11 is 2.05. The number of hydrogen-bond acceptors (Lipinski definition) is 3. The van der Waals surface area contributed by atoms with Crippen LogP contribution >= 0.6 is 35.7 Å². The zero-order chi connectivity index (χ0) is 15.2.